The Morgan fingerprint density at radius 1 is 1.15 bits per heavy atom. The second-order valence-electron chi connectivity index (χ2n) is 3.23. The highest BCUT2D eigenvalue weighted by molar-refractivity contribution is 5.66. The minimum absolute atomic E-state index is 0.00935. The Hall–Kier alpha value is -0.730. The van der Waals surface area contributed by atoms with E-state index in [2.05, 4.69) is 0 Å². The topological polar surface area (TPSA) is 29.5 Å². The zero-order valence-corrected chi connectivity index (χ0v) is 9.92. The highest BCUT2D eigenvalue weighted by atomic mass is 16.6. The summed E-state index contributed by atoms with van der Waals surface area (Å²) >= 11 is 0. The third-order valence-corrected chi connectivity index (χ3v) is 1.59. The van der Waals surface area contributed by atoms with Crippen molar-refractivity contribution >= 4 is 6.09 Å². The molecule has 1 atom stereocenters. The van der Waals surface area contributed by atoms with Crippen molar-refractivity contribution in [1.29, 1.82) is 0 Å². The standard InChI is InChI=1S/C8H17NO2.C2H6/c1-6(2)7(3)11-8(10)9(4)5;1-2/h6-7H,1-5H3;1-2H3. The first kappa shape index (κ1) is 14.8. The first-order valence-electron chi connectivity index (χ1n) is 4.83. The van der Waals surface area contributed by atoms with Gasteiger partial charge in [0.15, 0.2) is 0 Å². The number of rotatable bonds is 2. The highest BCUT2D eigenvalue weighted by Crippen LogP contribution is 2.06. The molecule has 0 spiro atoms. The van der Waals surface area contributed by atoms with Gasteiger partial charge in [-0.05, 0) is 12.8 Å². The number of carbonyl (C=O) groups excluding carboxylic acids is 1. The van der Waals surface area contributed by atoms with Crippen molar-refractivity contribution in [3.05, 3.63) is 0 Å². The van der Waals surface area contributed by atoms with Crippen LogP contribution in [-0.4, -0.2) is 31.2 Å². The average Bonchev–Trinajstić information content (AvgIpc) is 2.07. The zero-order chi connectivity index (χ0) is 11.0. The first-order chi connectivity index (χ1) is 5.95. The maximum Gasteiger partial charge on any atom is 0.409 e. The molecule has 1 amide bonds. The number of amides is 1. The van der Waals surface area contributed by atoms with Crippen LogP contribution in [-0.2, 0) is 4.74 Å². The zero-order valence-electron chi connectivity index (χ0n) is 9.92. The summed E-state index contributed by atoms with van der Waals surface area (Å²) in [5.74, 6) is 0.374. The Balaban J connectivity index is 0. The van der Waals surface area contributed by atoms with Crippen molar-refractivity contribution in [2.75, 3.05) is 14.1 Å². The van der Waals surface area contributed by atoms with Gasteiger partial charge in [0.25, 0.3) is 0 Å². The largest absolute Gasteiger partial charge is 0.446 e. The molecule has 1 unspecified atom stereocenters. The monoisotopic (exact) mass is 189 g/mol. The molecule has 0 aromatic heterocycles. The molecule has 0 aliphatic carbocycles. The van der Waals surface area contributed by atoms with E-state index in [-0.39, 0.29) is 12.2 Å². The molecule has 0 rings (SSSR count). The molecule has 0 saturated heterocycles. The Labute approximate surface area is 82.1 Å². The fraction of sp³-hybridized carbons (Fsp3) is 0.900. The summed E-state index contributed by atoms with van der Waals surface area (Å²) in [5, 5.41) is 0. The van der Waals surface area contributed by atoms with Gasteiger partial charge in [-0.25, -0.2) is 4.79 Å². The molecule has 3 nitrogen and oxygen atoms in total. The Morgan fingerprint density at radius 2 is 1.54 bits per heavy atom. The summed E-state index contributed by atoms with van der Waals surface area (Å²) in [5.41, 5.74) is 0. The lowest BCUT2D eigenvalue weighted by atomic mass is 10.1. The van der Waals surface area contributed by atoms with Gasteiger partial charge in [0.05, 0.1) is 0 Å². The molecular weight excluding hydrogens is 166 g/mol. The molecule has 0 aliphatic heterocycles. The summed E-state index contributed by atoms with van der Waals surface area (Å²) in [4.78, 5) is 12.4. The van der Waals surface area contributed by atoms with Crippen molar-refractivity contribution in [1.82, 2.24) is 4.90 Å². The molecule has 0 saturated carbocycles. The normalized spacial score (nSPS) is 11.4. The van der Waals surface area contributed by atoms with Crippen LogP contribution in [0, 0.1) is 5.92 Å². The summed E-state index contributed by atoms with van der Waals surface area (Å²) in [6.07, 6.45) is -0.281. The maximum absolute atomic E-state index is 11.0. The molecule has 13 heavy (non-hydrogen) atoms. The summed E-state index contributed by atoms with van der Waals surface area (Å²) in [6, 6.07) is 0. The maximum atomic E-state index is 11.0. The minimum Gasteiger partial charge on any atom is -0.446 e. The Kier molecular flexibility index (Phi) is 8.97. The lowest BCUT2D eigenvalue weighted by molar-refractivity contribution is 0.0615. The van der Waals surface area contributed by atoms with Gasteiger partial charge in [-0.15, -0.1) is 0 Å². The third-order valence-electron chi connectivity index (χ3n) is 1.59. The van der Waals surface area contributed by atoms with Crippen LogP contribution in [0.4, 0.5) is 4.79 Å². The van der Waals surface area contributed by atoms with Crippen LogP contribution in [0.3, 0.4) is 0 Å². The van der Waals surface area contributed by atoms with E-state index < -0.39 is 0 Å². The van der Waals surface area contributed by atoms with Gasteiger partial charge in [-0.3, -0.25) is 0 Å². The van der Waals surface area contributed by atoms with Gasteiger partial charge in [-0.2, -0.15) is 0 Å². The number of hydrogen-bond acceptors (Lipinski definition) is 2. The van der Waals surface area contributed by atoms with E-state index in [1.165, 1.54) is 4.90 Å². The van der Waals surface area contributed by atoms with Crippen molar-refractivity contribution in [2.24, 2.45) is 5.92 Å². The molecule has 0 bridgehead atoms. The van der Waals surface area contributed by atoms with Crippen molar-refractivity contribution in [3.8, 4) is 0 Å². The summed E-state index contributed by atoms with van der Waals surface area (Å²) in [7, 11) is 3.35. The lowest BCUT2D eigenvalue weighted by Crippen LogP contribution is -2.28. The molecule has 0 N–H and O–H groups in total. The minimum atomic E-state index is -0.272. The average molecular weight is 189 g/mol. The van der Waals surface area contributed by atoms with Crippen molar-refractivity contribution in [2.45, 2.75) is 40.7 Å². The van der Waals surface area contributed by atoms with Crippen LogP contribution in [0.5, 0.6) is 0 Å². The number of nitrogens with zero attached hydrogens (tertiary/aromatic N) is 1. The van der Waals surface area contributed by atoms with Crippen LogP contribution in [0.25, 0.3) is 0 Å². The van der Waals surface area contributed by atoms with Gasteiger partial charge in [0.1, 0.15) is 6.10 Å². The van der Waals surface area contributed by atoms with E-state index in [1.807, 2.05) is 34.6 Å². The molecule has 0 heterocycles. The van der Waals surface area contributed by atoms with E-state index in [9.17, 15) is 4.79 Å². The smallest absolute Gasteiger partial charge is 0.409 e. The quantitative estimate of drug-likeness (QED) is 0.668. The van der Waals surface area contributed by atoms with E-state index in [1.54, 1.807) is 14.1 Å². The van der Waals surface area contributed by atoms with Crippen molar-refractivity contribution in [3.63, 3.8) is 0 Å². The molecule has 80 valence electrons. The lowest BCUT2D eigenvalue weighted by Gasteiger charge is -2.19. The van der Waals surface area contributed by atoms with E-state index in [0.717, 1.165) is 0 Å². The highest BCUT2D eigenvalue weighted by Gasteiger charge is 2.13. The van der Waals surface area contributed by atoms with Crippen LogP contribution >= 0.6 is 0 Å². The number of carbonyl (C=O) groups is 1. The first-order valence-corrected chi connectivity index (χ1v) is 4.83. The van der Waals surface area contributed by atoms with Gasteiger partial charge in [0, 0.05) is 14.1 Å². The number of hydrogen-bond donors (Lipinski definition) is 0. The molecule has 3 heteroatoms. The van der Waals surface area contributed by atoms with Crippen LogP contribution < -0.4 is 0 Å². The van der Waals surface area contributed by atoms with E-state index >= 15 is 0 Å². The fourth-order valence-electron chi connectivity index (χ4n) is 0.401. The van der Waals surface area contributed by atoms with Crippen LogP contribution in [0.2, 0.25) is 0 Å². The third kappa shape index (κ3) is 7.62. The molecular formula is C10H23NO2. The van der Waals surface area contributed by atoms with E-state index in [0.29, 0.717) is 5.92 Å². The second kappa shape index (κ2) is 7.90. The summed E-state index contributed by atoms with van der Waals surface area (Å²) < 4.78 is 5.06. The van der Waals surface area contributed by atoms with Gasteiger partial charge in [0.2, 0.25) is 0 Å². The second-order valence-corrected chi connectivity index (χ2v) is 3.23. The Bertz CT molecular complexity index is 133. The molecule has 0 radical (unpaired) electrons. The molecule has 0 aromatic carbocycles. The summed E-state index contributed by atoms with van der Waals surface area (Å²) in [6.45, 7) is 9.94. The predicted molar refractivity (Wildman–Crippen MR) is 55.8 cm³/mol. The van der Waals surface area contributed by atoms with Crippen LogP contribution in [0.1, 0.15) is 34.6 Å². The fourth-order valence-corrected chi connectivity index (χ4v) is 0.401. The molecule has 0 aliphatic rings. The molecule has 0 aromatic rings. The van der Waals surface area contributed by atoms with Crippen LogP contribution in [0.15, 0.2) is 0 Å². The predicted octanol–water partition coefficient (Wildman–Crippen LogP) is 2.76. The van der Waals surface area contributed by atoms with Gasteiger partial charge < -0.3 is 9.64 Å². The number of ether oxygens (including phenoxy) is 1. The van der Waals surface area contributed by atoms with Gasteiger partial charge in [-0.1, -0.05) is 27.7 Å². The van der Waals surface area contributed by atoms with Gasteiger partial charge >= 0.3 is 6.09 Å². The van der Waals surface area contributed by atoms with E-state index in [4.69, 9.17) is 4.74 Å². The van der Waals surface area contributed by atoms with Crippen molar-refractivity contribution < 1.29 is 9.53 Å². The molecule has 0 fully saturated rings. The SMILES string of the molecule is CC.CC(C)C(C)OC(=O)N(C)C. The Morgan fingerprint density at radius 3 is 1.77 bits per heavy atom.